The number of nitrogens with zero attached hydrogens (tertiary/aromatic N) is 2. The van der Waals surface area contributed by atoms with E-state index in [9.17, 15) is 4.79 Å². The van der Waals surface area contributed by atoms with Crippen molar-refractivity contribution >= 4 is 11.7 Å². The molecule has 1 rings (SSSR count). The van der Waals surface area contributed by atoms with Gasteiger partial charge in [0.1, 0.15) is 5.84 Å². The second-order valence-electron chi connectivity index (χ2n) is 5.88. The molecule has 1 unspecified atom stereocenters. The van der Waals surface area contributed by atoms with Crippen molar-refractivity contribution in [2.45, 2.75) is 45.6 Å². The first-order valence-corrected chi connectivity index (χ1v) is 6.85. The van der Waals surface area contributed by atoms with Gasteiger partial charge in [-0.1, -0.05) is 25.4 Å². The Hall–Kier alpha value is -1.30. The van der Waals surface area contributed by atoms with E-state index in [0.29, 0.717) is 0 Å². The van der Waals surface area contributed by atoms with E-state index in [2.05, 4.69) is 10.5 Å². The molecular formula is C13H26N4O2. The maximum atomic E-state index is 11.7. The minimum atomic E-state index is -0.280. The van der Waals surface area contributed by atoms with Gasteiger partial charge >= 0.3 is 0 Å². The number of amidine groups is 1. The van der Waals surface area contributed by atoms with Crippen LogP contribution in [0.2, 0.25) is 0 Å². The highest BCUT2D eigenvalue weighted by Crippen LogP contribution is 2.23. The minimum Gasteiger partial charge on any atom is -0.409 e. The molecule has 1 atom stereocenters. The van der Waals surface area contributed by atoms with Gasteiger partial charge in [-0.15, -0.1) is 0 Å². The lowest BCUT2D eigenvalue weighted by Crippen LogP contribution is -2.37. The fourth-order valence-electron chi connectivity index (χ4n) is 2.24. The fraction of sp³-hybridized carbons (Fsp3) is 0.846. The third-order valence-corrected chi connectivity index (χ3v) is 3.85. The van der Waals surface area contributed by atoms with Crippen molar-refractivity contribution in [3.63, 3.8) is 0 Å². The van der Waals surface area contributed by atoms with E-state index in [1.54, 1.807) is 4.90 Å². The summed E-state index contributed by atoms with van der Waals surface area (Å²) in [6.45, 7) is 5.60. The molecule has 1 saturated heterocycles. The predicted octanol–water partition coefficient (Wildman–Crippen LogP) is 0.750. The van der Waals surface area contributed by atoms with Crippen LogP contribution in [0.1, 0.15) is 39.5 Å². The Labute approximate surface area is 115 Å². The highest BCUT2D eigenvalue weighted by molar-refractivity contribution is 5.85. The Morgan fingerprint density at radius 3 is 2.79 bits per heavy atom. The van der Waals surface area contributed by atoms with Crippen LogP contribution in [-0.2, 0) is 4.79 Å². The summed E-state index contributed by atoms with van der Waals surface area (Å²) in [4.78, 5) is 13.4. The van der Waals surface area contributed by atoms with Crippen molar-refractivity contribution in [2.24, 2.45) is 16.3 Å². The van der Waals surface area contributed by atoms with Crippen molar-refractivity contribution in [1.29, 1.82) is 0 Å². The van der Waals surface area contributed by atoms with E-state index in [4.69, 9.17) is 10.9 Å². The molecule has 0 aliphatic carbocycles. The zero-order valence-electron chi connectivity index (χ0n) is 12.1. The summed E-state index contributed by atoms with van der Waals surface area (Å²) < 4.78 is 0. The van der Waals surface area contributed by atoms with Crippen molar-refractivity contribution in [2.75, 3.05) is 20.1 Å². The molecule has 6 nitrogen and oxygen atoms in total. The smallest absolute Gasteiger partial charge is 0.239 e. The van der Waals surface area contributed by atoms with Gasteiger partial charge in [0.05, 0.1) is 6.04 Å². The number of nitrogens with two attached hydrogens (primary N) is 1. The SMILES string of the molecule is CN1CCC(NCCCCC(C)(C)C(N)=NO)C1=O. The van der Waals surface area contributed by atoms with E-state index in [1.165, 1.54) is 0 Å². The molecule has 0 aromatic heterocycles. The Morgan fingerprint density at radius 2 is 2.26 bits per heavy atom. The van der Waals surface area contributed by atoms with Crippen LogP contribution in [0.3, 0.4) is 0 Å². The van der Waals surface area contributed by atoms with Gasteiger partial charge in [-0.3, -0.25) is 4.79 Å². The van der Waals surface area contributed by atoms with Gasteiger partial charge in [0.25, 0.3) is 0 Å². The molecule has 0 saturated carbocycles. The van der Waals surface area contributed by atoms with E-state index in [0.717, 1.165) is 38.8 Å². The summed E-state index contributed by atoms with van der Waals surface area (Å²) in [5.41, 5.74) is 5.35. The monoisotopic (exact) mass is 270 g/mol. The number of unbranched alkanes of at least 4 members (excludes halogenated alkanes) is 1. The number of oxime groups is 1. The minimum absolute atomic E-state index is 0.0120. The molecule has 1 fully saturated rings. The summed E-state index contributed by atoms with van der Waals surface area (Å²) in [6.07, 6.45) is 3.72. The second kappa shape index (κ2) is 6.75. The number of hydrogen-bond acceptors (Lipinski definition) is 4. The summed E-state index contributed by atoms with van der Waals surface area (Å²) in [6, 6.07) is -0.0120. The van der Waals surface area contributed by atoms with E-state index in [1.807, 2.05) is 20.9 Å². The number of likely N-dealkylation sites (N-methyl/N-ethyl adjacent to an activating group) is 1. The van der Waals surface area contributed by atoms with Crippen molar-refractivity contribution in [3.8, 4) is 0 Å². The molecule has 0 bridgehead atoms. The Balaban J connectivity index is 2.17. The molecule has 19 heavy (non-hydrogen) atoms. The first-order valence-electron chi connectivity index (χ1n) is 6.85. The second-order valence-corrected chi connectivity index (χ2v) is 5.88. The van der Waals surface area contributed by atoms with Crippen LogP contribution in [0.4, 0.5) is 0 Å². The maximum Gasteiger partial charge on any atom is 0.239 e. The standard InChI is InChI=1S/C13H26N4O2/c1-13(2,12(14)16-19)7-4-5-8-15-10-6-9-17(3)11(10)18/h10,15,19H,4-9H2,1-3H3,(H2,14,16). The van der Waals surface area contributed by atoms with Crippen molar-refractivity contribution in [3.05, 3.63) is 0 Å². The van der Waals surface area contributed by atoms with Crippen LogP contribution in [0, 0.1) is 5.41 Å². The Morgan fingerprint density at radius 1 is 1.58 bits per heavy atom. The maximum absolute atomic E-state index is 11.7. The van der Waals surface area contributed by atoms with Crippen LogP contribution in [0.5, 0.6) is 0 Å². The summed E-state index contributed by atoms with van der Waals surface area (Å²) in [7, 11) is 1.84. The predicted molar refractivity (Wildman–Crippen MR) is 75.1 cm³/mol. The Kier molecular flexibility index (Phi) is 5.60. The van der Waals surface area contributed by atoms with Gasteiger partial charge in [0.15, 0.2) is 0 Å². The lowest BCUT2D eigenvalue weighted by atomic mass is 9.86. The normalized spacial score (nSPS) is 21.2. The summed E-state index contributed by atoms with van der Waals surface area (Å²) in [5, 5.41) is 15.0. The van der Waals surface area contributed by atoms with Crippen LogP contribution in [-0.4, -0.2) is 48.0 Å². The van der Waals surface area contributed by atoms with Crippen LogP contribution in [0.25, 0.3) is 0 Å². The zero-order valence-corrected chi connectivity index (χ0v) is 12.1. The molecular weight excluding hydrogens is 244 g/mol. The van der Waals surface area contributed by atoms with Crippen molar-refractivity contribution in [1.82, 2.24) is 10.2 Å². The Bertz CT molecular complexity index is 342. The molecule has 110 valence electrons. The molecule has 1 heterocycles. The fourth-order valence-corrected chi connectivity index (χ4v) is 2.24. The highest BCUT2D eigenvalue weighted by Gasteiger charge is 2.28. The van der Waals surface area contributed by atoms with Gasteiger partial charge in [-0.05, 0) is 25.8 Å². The van der Waals surface area contributed by atoms with E-state index >= 15 is 0 Å². The first kappa shape index (κ1) is 15.8. The topological polar surface area (TPSA) is 90.9 Å². The molecule has 0 radical (unpaired) electrons. The van der Waals surface area contributed by atoms with Crippen LogP contribution in [0.15, 0.2) is 5.16 Å². The summed E-state index contributed by atoms with van der Waals surface area (Å²) >= 11 is 0. The molecule has 0 spiro atoms. The van der Waals surface area contributed by atoms with Gasteiger partial charge in [0, 0.05) is 19.0 Å². The van der Waals surface area contributed by atoms with Gasteiger partial charge in [-0.2, -0.15) is 0 Å². The number of hydrogen-bond donors (Lipinski definition) is 3. The first-order chi connectivity index (χ1) is 8.88. The molecule has 1 amide bonds. The molecule has 4 N–H and O–H groups in total. The number of carbonyl (C=O) groups is 1. The van der Waals surface area contributed by atoms with Gasteiger partial charge in [-0.25, -0.2) is 0 Å². The molecule has 1 aliphatic rings. The number of amides is 1. The quantitative estimate of drug-likeness (QED) is 0.209. The van der Waals surface area contributed by atoms with Gasteiger partial charge in [0.2, 0.25) is 5.91 Å². The lowest BCUT2D eigenvalue weighted by Gasteiger charge is -2.22. The number of rotatable bonds is 7. The average Bonchev–Trinajstić information content (AvgIpc) is 2.69. The van der Waals surface area contributed by atoms with E-state index < -0.39 is 0 Å². The van der Waals surface area contributed by atoms with Crippen LogP contribution < -0.4 is 11.1 Å². The number of nitrogens with one attached hydrogen (secondary N) is 1. The zero-order chi connectivity index (χ0) is 14.5. The lowest BCUT2D eigenvalue weighted by molar-refractivity contribution is -0.128. The molecule has 6 heteroatoms. The van der Waals surface area contributed by atoms with Gasteiger partial charge < -0.3 is 21.2 Å². The number of likely N-dealkylation sites (tertiary alicyclic amines) is 1. The third-order valence-electron chi connectivity index (χ3n) is 3.85. The molecule has 0 aromatic carbocycles. The van der Waals surface area contributed by atoms with Crippen LogP contribution >= 0.6 is 0 Å². The highest BCUT2D eigenvalue weighted by atomic mass is 16.4. The molecule has 0 aromatic rings. The largest absolute Gasteiger partial charge is 0.409 e. The van der Waals surface area contributed by atoms with E-state index in [-0.39, 0.29) is 23.2 Å². The number of carbonyl (C=O) groups excluding carboxylic acids is 1. The summed E-state index contributed by atoms with van der Waals surface area (Å²) in [5.74, 6) is 0.463. The van der Waals surface area contributed by atoms with Crippen molar-refractivity contribution < 1.29 is 10.0 Å². The third kappa shape index (κ3) is 4.38. The average molecular weight is 270 g/mol. The molecule has 1 aliphatic heterocycles.